The van der Waals surface area contributed by atoms with E-state index in [0.717, 1.165) is 82.2 Å². The van der Waals surface area contributed by atoms with Crippen LogP contribution in [0.15, 0.2) is 84.9 Å². The van der Waals surface area contributed by atoms with Crippen molar-refractivity contribution >= 4 is 105 Å². The van der Waals surface area contributed by atoms with Crippen molar-refractivity contribution in [2.75, 3.05) is 24.6 Å². The van der Waals surface area contributed by atoms with Gasteiger partial charge in [0.25, 0.3) is 11.8 Å². The number of thioether (sulfide) groups is 2. The molecule has 3 aliphatic heterocycles. The second-order valence-electron chi connectivity index (χ2n) is 18.5. The highest BCUT2D eigenvalue weighted by molar-refractivity contribution is 7.99. The number of hydrazine groups is 2. The summed E-state index contributed by atoms with van der Waals surface area (Å²) in [4.78, 5) is 26.8. The van der Waals surface area contributed by atoms with Crippen molar-refractivity contribution in [3.63, 3.8) is 0 Å². The van der Waals surface area contributed by atoms with Gasteiger partial charge in [0.1, 0.15) is 11.6 Å². The highest BCUT2D eigenvalue weighted by Gasteiger charge is 2.38. The fraction of sp³-hybridized carbons (Fsp3) is 0.321. The van der Waals surface area contributed by atoms with Crippen molar-refractivity contribution in [2.45, 2.75) is 68.9 Å². The fourth-order valence-corrected chi connectivity index (χ4v) is 13.3. The number of benzene rings is 4. The van der Waals surface area contributed by atoms with E-state index in [1.165, 1.54) is 62.8 Å². The van der Waals surface area contributed by atoms with Gasteiger partial charge in [-0.25, -0.2) is 28.6 Å². The largest absolute Gasteiger partial charge is 0.286 e. The van der Waals surface area contributed by atoms with E-state index in [0.29, 0.717) is 66.2 Å². The van der Waals surface area contributed by atoms with Gasteiger partial charge in [-0.15, -0.1) is 0 Å². The fourth-order valence-electron chi connectivity index (χ4n) is 10.3. The molecule has 2 atom stereocenters. The third-order valence-corrected chi connectivity index (χ3v) is 16.8. The zero-order chi connectivity index (χ0) is 49.2. The Hall–Kier alpha value is -4.64. The average molecular weight is 1070 g/mol. The first-order chi connectivity index (χ1) is 34.4. The SMILES string of the molecule is O=C(NN1CC2CCCC2C1)c1nn(-c2ccc(Cl)cc2Cl)c2c1CSC/C2=C\c1ccc(F)cc1.O=C(NNC1CCCCC1)c1nn(-c2ccc(Cl)cc2Cl)c2c1CSC/C2=C\c1ccc(F)cc1. The molecule has 2 saturated carbocycles. The molecule has 368 valence electrons. The van der Waals surface area contributed by atoms with Crippen LogP contribution in [0.1, 0.15) is 106 Å². The molecule has 1 saturated heterocycles. The molecule has 2 amide bonds. The quantitative estimate of drug-likeness (QED) is 0.123. The summed E-state index contributed by atoms with van der Waals surface area (Å²) in [5.41, 5.74) is 18.4. The van der Waals surface area contributed by atoms with Crippen molar-refractivity contribution in [3.8, 4) is 11.4 Å². The summed E-state index contributed by atoms with van der Waals surface area (Å²) in [6.45, 7) is 1.79. The number of halogens is 6. The first-order valence-electron chi connectivity index (χ1n) is 23.8. The van der Waals surface area contributed by atoms with Gasteiger partial charge in [0.15, 0.2) is 11.4 Å². The van der Waals surface area contributed by atoms with Crippen LogP contribution in [-0.2, 0) is 11.5 Å². The van der Waals surface area contributed by atoms with Crippen molar-refractivity contribution in [3.05, 3.63) is 162 Å². The molecule has 4 aromatic carbocycles. The number of nitrogens with one attached hydrogen (secondary N) is 3. The van der Waals surface area contributed by atoms with Crippen LogP contribution < -0.4 is 16.3 Å². The minimum absolute atomic E-state index is 0.196. The molecule has 2 aromatic heterocycles. The van der Waals surface area contributed by atoms with Gasteiger partial charge >= 0.3 is 0 Å². The zero-order valence-corrected chi connectivity index (χ0v) is 43.2. The Balaban J connectivity index is 0.000000164. The van der Waals surface area contributed by atoms with E-state index in [-0.39, 0.29) is 29.5 Å². The van der Waals surface area contributed by atoms with E-state index in [2.05, 4.69) is 21.3 Å². The number of amides is 2. The van der Waals surface area contributed by atoms with Gasteiger partial charge in [0.2, 0.25) is 0 Å². The average Bonchev–Trinajstić information content (AvgIpc) is 4.16. The van der Waals surface area contributed by atoms with Gasteiger partial charge in [-0.3, -0.25) is 20.4 Å². The Morgan fingerprint density at radius 2 is 1.07 bits per heavy atom. The number of carbonyl (C=O) groups is 2. The Labute approximate surface area is 439 Å². The highest BCUT2D eigenvalue weighted by Crippen LogP contribution is 2.41. The van der Waals surface area contributed by atoms with Crippen LogP contribution in [0.5, 0.6) is 0 Å². The maximum atomic E-state index is 13.5. The van der Waals surface area contributed by atoms with Gasteiger partial charge in [0, 0.05) is 63.3 Å². The lowest BCUT2D eigenvalue weighted by molar-refractivity contribution is 0.0807. The summed E-state index contributed by atoms with van der Waals surface area (Å²) < 4.78 is 30.4. The summed E-state index contributed by atoms with van der Waals surface area (Å²) in [5.74, 6) is 3.09. The Bertz CT molecular complexity index is 3020. The van der Waals surface area contributed by atoms with Crippen LogP contribution in [0.2, 0.25) is 20.1 Å². The highest BCUT2D eigenvalue weighted by atomic mass is 35.5. The van der Waals surface area contributed by atoms with Gasteiger partial charge in [-0.1, -0.05) is 96.4 Å². The lowest BCUT2D eigenvalue weighted by Gasteiger charge is -2.23. The van der Waals surface area contributed by atoms with Gasteiger partial charge in [0.05, 0.1) is 32.8 Å². The second-order valence-corrected chi connectivity index (χ2v) is 22.2. The van der Waals surface area contributed by atoms with E-state index in [9.17, 15) is 18.4 Å². The first-order valence-corrected chi connectivity index (χ1v) is 27.6. The molecule has 0 spiro atoms. The number of nitrogens with zero attached hydrogens (tertiary/aromatic N) is 5. The lowest BCUT2D eigenvalue weighted by Crippen LogP contribution is -2.45. The number of hydrogen-bond acceptors (Lipinski definition) is 8. The second kappa shape index (κ2) is 22.2. The minimum Gasteiger partial charge on any atom is -0.286 e. The molecule has 5 aliphatic rings. The molecule has 2 aliphatic carbocycles. The van der Waals surface area contributed by atoms with Gasteiger partial charge in [-0.05, 0) is 133 Å². The number of fused-ring (bicyclic) bond motifs is 3. The third-order valence-electron chi connectivity index (χ3n) is 13.7. The van der Waals surface area contributed by atoms with Gasteiger partial charge in [-0.2, -0.15) is 33.7 Å². The van der Waals surface area contributed by atoms with E-state index in [1.807, 2.05) is 18.2 Å². The van der Waals surface area contributed by atoms with Crippen molar-refractivity contribution in [1.82, 2.24) is 40.8 Å². The summed E-state index contributed by atoms with van der Waals surface area (Å²) in [6.07, 6.45) is 13.5. The van der Waals surface area contributed by atoms with E-state index >= 15 is 0 Å². The van der Waals surface area contributed by atoms with Crippen molar-refractivity contribution in [1.29, 1.82) is 0 Å². The maximum absolute atomic E-state index is 13.5. The van der Waals surface area contributed by atoms with Gasteiger partial charge < -0.3 is 0 Å². The monoisotopic (exact) mass is 1070 g/mol. The third kappa shape index (κ3) is 11.3. The molecule has 5 heterocycles. The Morgan fingerprint density at radius 1 is 0.592 bits per heavy atom. The molecule has 2 unspecified atom stereocenters. The standard InChI is InChI=1S/C27H25Cl2FN4OS.C26H25Cl2FN4OS/c28-20-6-9-24(23(29)11-20)34-26-19(10-16-4-7-21(30)8-5-16)14-36-15-22(26)25(31-34)27(35)32-33-12-17-2-1-3-18(17)13-33;27-18-8-11-23(22(28)13-18)33-25-17(12-16-6-9-19(29)10-7-16)14-35-15-21(25)24(32-33)26(34)31-30-20-4-2-1-3-5-20/h4-11,17-18H,1-3,12-15H2,(H,32,35);6-13,20,30H,1-5,14-15H2,(H,31,34)/b19-10+;17-12+. The molecule has 71 heavy (non-hydrogen) atoms. The molecule has 3 fully saturated rings. The Morgan fingerprint density at radius 3 is 1.55 bits per heavy atom. The number of aromatic nitrogens is 4. The summed E-state index contributed by atoms with van der Waals surface area (Å²) in [7, 11) is 0. The van der Waals surface area contributed by atoms with Crippen molar-refractivity contribution in [2.24, 2.45) is 11.8 Å². The Kier molecular flexibility index (Phi) is 15.6. The van der Waals surface area contributed by atoms with Crippen LogP contribution in [0.3, 0.4) is 0 Å². The first kappa shape index (κ1) is 49.9. The van der Waals surface area contributed by atoms with Crippen molar-refractivity contribution < 1.29 is 18.4 Å². The number of rotatable bonds is 9. The molecule has 0 bridgehead atoms. The summed E-state index contributed by atoms with van der Waals surface area (Å²) in [5, 5.41) is 13.6. The van der Waals surface area contributed by atoms with Crippen LogP contribution >= 0.6 is 69.9 Å². The molecule has 0 radical (unpaired) electrons. The normalized spacial score (nSPS) is 20.0. The van der Waals surface area contributed by atoms with E-state index in [4.69, 9.17) is 56.6 Å². The molecule has 10 nitrogen and oxygen atoms in total. The smallest absolute Gasteiger partial charge is 0.286 e. The van der Waals surface area contributed by atoms with E-state index in [1.54, 1.807) is 87.5 Å². The van der Waals surface area contributed by atoms with E-state index < -0.39 is 0 Å². The molecule has 6 aromatic rings. The summed E-state index contributed by atoms with van der Waals surface area (Å²) in [6, 6.07) is 23.5. The predicted molar refractivity (Wildman–Crippen MR) is 285 cm³/mol. The van der Waals surface area contributed by atoms with Crippen LogP contribution in [0.25, 0.3) is 34.7 Å². The molecule has 11 rings (SSSR count). The molecule has 18 heteroatoms. The molecular weight excluding hydrogens is 1020 g/mol. The lowest BCUT2D eigenvalue weighted by atomic mass is 9.96. The predicted octanol–water partition coefficient (Wildman–Crippen LogP) is 13.2. The maximum Gasteiger partial charge on any atom is 0.286 e. The van der Waals surface area contributed by atoms with Crippen LogP contribution in [-0.4, -0.2) is 67.0 Å². The van der Waals surface area contributed by atoms with Crippen LogP contribution in [0.4, 0.5) is 8.78 Å². The molecular formula is C53H50Cl4F2N8O2S2. The zero-order valence-electron chi connectivity index (χ0n) is 38.5. The summed E-state index contributed by atoms with van der Waals surface area (Å²) >= 11 is 28.9. The number of hydrogen-bond donors (Lipinski definition) is 3. The minimum atomic E-state index is -0.284. The van der Waals surface area contributed by atoms with Crippen LogP contribution in [0, 0.1) is 23.5 Å². The number of carbonyl (C=O) groups excluding carboxylic acids is 2. The topological polar surface area (TPSA) is 109 Å². The molecule has 3 N–H and O–H groups in total.